The summed E-state index contributed by atoms with van der Waals surface area (Å²) in [7, 11) is -2.69. The van der Waals surface area contributed by atoms with Gasteiger partial charge in [0.1, 0.15) is 5.82 Å². The molecular formula is C20H18ClFO6S. The fraction of sp³-hybridized carbons (Fsp3) is 0.250. The number of carbonyl (C=O) groups is 3. The van der Waals surface area contributed by atoms with Crippen LogP contribution < -0.4 is 0 Å². The van der Waals surface area contributed by atoms with Gasteiger partial charge in [-0.2, -0.15) is 10.6 Å². The van der Waals surface area contributed by atoms with Crippen LogP contribution in [0.15, 0.2) is 36.4 Å². The van der Waals surface area contributed by atoms with Gasteiger partial charge in [-0.05, 0) is 49.2 Å². The first kappa shape index (κ1) is 21.4. The molecule has 1 aliphatic heterocycles. The Kier molecular flexibility index (Phi) is 6.09. The van der Waals surface area contributed by atoms with Crippen LogP contribution in [-0.4, -0.2) is 43.3 Å². The van der Waals surface area contributed by atoms with Gasteiger partial charge in [0.15, 0.2) is 11.6 Å². The second-order valence-electron chi connectivity index (χ2n) is 6.87. The van der Waals surface area contributed by atoms with Gasteiger partial charge >= 0.3 is 5.97 Å². The molecule has 2 aromatic carbocycles. The number of ketones is 2. The molecule has 0 unspecified atom stereocenters. The van der Waals surface area contributed by atoms with Crippen molar-refractivity contribution in [3.05, 3.63) is 69.5 Å². The summed E-state index contributed by atoms with van der Waals surface area (Å²) < 4.78 is 34.1. The van der Waals surface area contributed by atoms with Gasteiger partial charge in [0, 0.05) is 33.6 Å². The zero-order valence-corrected chi connectivity index (χ0v) is 16.7. The second kappa shape index (κ2) is 8.23. The fourth-order valence-corrected chi connectivity index (χ4v) is 4.95. The van der Waals surface area contributed by atoms with E-state index in [9.17, 15) is 33.0 Å². The minimum absolute atomic E-state index is 0.0624. The van der Waals surface area contributed by atoms with Crippen LogP contribution in [0.2, 0.25) is 5.02 Å². The molecule has 3 N–H and O–H groups in total. The van der Waals surface area contributed by atoms with Gasteiger partial charge in [0.05, 0.1) is 11.1 Å². The van der Waals surface area contributed by atoms with E-state index in [-0.39, 0.29) is 35.5 Å². The molecule has 1 aliphatic rings. The first-order valence-electron chi connectivity index (χ1n) is 8.74. The van der Waals surface area contributed by atoms with Crippen LogP contribution in [0.5, 0.6) is 0 Å². The second-order valence-corrected chi connectivity index (χ2v) is 9.73. The molecule has 0 spiro atoms. The lowest BCUT2D eigenvalue weighted by molar-refractivity contribution is 0.0692. The van der Waals surface area contributed by atoms with E-state index in [0.717, 1.165) is 12.1 Å². The normalized spacial score (nSPS) is 17.5. The zero-order valence-electron chi connectivity index (χ0n) is 15.1. The molecule has 1 saturated heterocycles. The van der Waals surface area contributed by atoms with Gasteiger partial charge in [0.25, 0.3) is 0 Å². The van der Waals surface area contributed by atoms with Crippen molar-refractivity contribution in [2.24, 2.45) is 5.92 Å². The SMILES string of the molecule is O=C(O)c1cc(C(=O)C2CCS(O)(O)CC2)cc(F)c1C(=O)c1ccc(Cl)cc1. The molecule has 0 aliphatic carbocycles. The number of Topliss-reactive ketones (excluding diaryl/α,β-unsaturated/α-hetero) is 1. The smallest absolute Gasteiger partial charge is 0.336 e. The van der Waals surface area contributed by atoms with Crippen LogP contribution in [-0.2, 0) is 0 Å². The number of halogens is 2. The Balaban J connectivity index is 1.97. The van der Waals surface area contributed by atoms with Gasteiger partial charge in [0.2, 0.25) is 0 Å². The Morgan fingerprint density at radius 1 is 1.00 bits per heavy atom. The molecule has 3 rings (SSSR count). The predicted octanol–water partition coefficient (Wildman–Crippen LogP) is 4.75. The third-order valence-corrected chi connectivity index (χ3v) is 6.93. The third kappa shape index (κ3) is 4.67. The molecule has 0 radical (unpaired) electrons. The van der Waals surface area contributed by atoms with Crippen LogP contribution in [0, 0.1) is 11.7 Å². The zero-order chi connectivity index (χ0) is 21.3. The van der Waals surface area contributed by atoms with E-state index in [4.69, 9.17) is 11.6 Å². The molecule has 1 fully saturated rings. The minimum Gasteiger partial charge on any atom is -0.478 e. The van der Waals surface area contributed by atoms with Crippen molar-refractivity contribution in [1.82, 2.24) is 0 Å². The lowest BCUT2D eigenvalue weighted by Crippen LogP contribution is -2.27. The Hall–Kier alpha value is -2.26. The van der Waals surface area contributed by atoms with E-state index in [1.54, 1.807) is 0 Å². The van der Waals surface area contributed by atoms with Crippen molar-refractivity contribution in [1.29, 1.82) is 0 Å². The third-order valence-electron chi connectivity index (χ3n) is 4.90. The maximum atomic E-state index is 14.8. The predicted molar refractivity (Wildman–Crippen MR) is 108 cm³/mol. The molecular weight excluding hydrogens is 423 g/mol. The van der Waals surface area contributed by atoms with Gasteiger partial charge < -0.3 is 5.11 Å². The molecule has 0 saturated carbocycles. The summed E-state index contributed by atoms with van der Waals surface area (Å²) in [5.74, 6) is -4.36. The van der Waals surface area contributed by atoms with Gasteiger partial charge in [-0.1, -0.05) is 11.6 Å². The molecule has 154 valence electrons. The summed E-state index contributed by atoms with van der Waals surface area (Å²) in [5, 5.41) is 9.87. The first-order valence-corrected chi connectivity index (χ1v) is 11.0. The number of carboxylic acid groups (broad SMARTS) is 1. The number of hydrogen-bond acceptors (Lipinski definition) is 5. The van der Waals surface area contributed by atoms with Crippen LogP contribution in [0.25, 0.3) is 0 Å². The highest BCUT2D eigenvalue weighted by molar-refractivity contribution is 8.24. The van der Waals surface area contributed by atoms with Crippen LogP contribution in [0.1, 0.15) is 49.5 Å². The molecule has 1 heterocycles. The lowest BCUT2D eigenvalue weighted by Gasteiger charge is -2.38. The van der Waals surface area contributed by atoms with Crippen LogP contribution >= 0.6 is 22.2 Å². The molecule has 0 atom stereocenters. The summed E-state index contributed by atoms with van der Waals surface area (Å²) in [6.07, 6.45) is 0.438. The summed E-state index contributed by atoms with van der Waals surface area (Å²) in [4.78, 5) is 37.1. The van der Waals surface area contributed by atoms with E-state index in [0.29, 0.717) is 5.02 Å². The number of carboxylic acids is 1. The largest absolute Gasteiger partial charge is 0.478 e. The maximum Gasteiger partial charge on any atom is 0.336 e. The van der Waals surface area contributed by atoms with Crippen molar-refractivity contribution in [2.45, 2.75) is 12.8 Å². The van der Waals surface area contributed by atoms with Gasteiger partial charge in [-0.15, -0.1) is 0 Å². The Bertz CT molecular complexity index is 979. The van der Waals surface area contributed by atoms with E-state index in [1.165, 1.54) is 24.3 Å². The quantitative estimate of drug-likeness (QED) is 0.578. The highest BCUT2D eigenvalue weighted by atomic mass is 35.5. The molecule has 9 heteroatoms. The highest BCUT2D eigenvalue weighted by Crippen LogP contribution is 2.46. The summed E-state index contributed by atoms with van der Waals surface area (Å²) in [5.41, 5.74) is -1.33. The standard InChI is InChI=1S/C20H18ClFO6S/c21-14-3-1-11(2-4-14)19(24)17-15(20(25)26)9-13(10-16(17)22)18(23)12-5-7-29(27,28)8-6-12/h1-4,9-10,12,27-28H,5-8H2,(H,25,26). The number of benzene rings is 2. The molecule has 0 amide bonds. The average molecular weight is 441 g/mol. The number of carbonyl (C=O) groups excluding carboxylic acids is 2. The topological polar surface area (TPSA) is 112 Å². The molecule has 2 aromatic rings. The maximum absolute atomic E-state index is 14.8. The summed E-state index contributed by atoms with van der Waals surface area (Å²) >= 11 is 5.78. The van der Waals surface area contributed by atoms with E-state index >= 15 is 0 Å². The highest BCUT2D eigenvalue weighted by Gasteiger charge is 2.31. The fourth-order valence-electron chi connectivity index (χ4n) is 3.30. The van der Waals surface area contributed by atoms with Crippen LogP contribution in [0.3, 0.4) is 0 Å². The lowest BCUT2D eigenvalue weighted by atomic mass is 9.89. The Labute approximate surface area is 172 Å². The number of rotatable bonds is 5. The molecule has 29 heavy (non-hydrogen) atoms. The van der Waals surface area contributed by atoms with E-state index in [1.807, 2.05) is 0 Å². The average Bonchev–Trinajstić information content (AvgIpc) is 2.66. The van der Waals surface area contributed by atoms with Gasteiger partial charge in [-0.3, -0.25) is 18.7 Å². The number of hydrogen-bond donors (Lipinski definition) is 3. The van der Waals surface area contributed by atoms with E-state index < -0.39 is 51.0 Å². The monoisotopic (exact) mass is 440 g/mol. The summed E-state index contributed by atoms with van der Waals surface area (Å²) in [6.45, 7) is 0. The minimum atomic E-state index is -2.69. The van der Waals surface area contributed by atoms with Crippen molar-refractivity contribution < 1.29 is 33.0 Å². The first-order chi connectivity index (χ1) is 13.6. The van der Waals surface area contributed by atoms with Crippen molar-refractivity contribution in [3.63, 3.8) is 0 Å². The number of aromatic carboxylic acids is 1. The van der Waals surface area contributed by atoms with Crippen molar-refractivity contribution >= 4 is 39.7 Å². The summed E-state index contributed by atoms with van der Waals surface area (Å²) in [6, 6.07) is 7.44. The van der Waals surface area contributed by atoms with Gasteiger partial charge in [-0.25, -0.2) is 9.18 Å². The Morgan fingerprint density at radius 2 is 1.59 bits per heavy atom. The molecule has 0 bridgehead atoms. The molecule has 6 nitrogen and oxygen atoms in total. The van der Waals surface area contributed by atoms with E-state index in [2.05, 4.69) is 0 Å². The van der Waals surface area contributed by atoms with Crippen molar-refractivity contribution in [3.8, 4) is 0 Å². The van der Waals surface area contributed by atoms with Crippen molar-refractivity contribution in [2.75, 3.05) is 11.5 Å². The Morgan fingerprint density at radius 3 is 2.14 bits per heavy atom. The molecule has 0 aromatic heterocycles. The van der Waals surface area contributed by atoms with Crippen LogP contribution in [0.4, 0.5) is 4.39 Å².